The number of hydrogen-bond donors (Lipinski definition) is 1. The zero-order chi connectivity index (χ0) is 14.8. The first-order chi connectivity index (χ1) is 10.1. The highest BCUT2D eigenvalue weighted by Gasteiger charge is 2.24. The number of nitrogens with two attached hydrogens (primary N) is 1. The zero-order valence-electron chi connectivity index (χ0n) is 11.6. The molecule has 4 heteroatoms. The SMILES string of the molecule is N[C@@H]1CCN(C(=O)c2ccc(-c3ccccc3)c(Cl)c2)C1. The fourth-order valence-corrected chi connectivity index (χ4v) is 2.94. The Hall–Kier alpha value is -1.84. The summed E-state index contributed by atoms with van der Waals surface area (Å²) in [7, 11) is 0. The summed E-state index contributed by atoms with van der Waals surface area (Å²) in [6, 6.07) is 15.5. The highest BCUT2D eigenvalue weighted by molar-refractivity contribution is 6.33. The Morgan fingerprint density at radius 3 is 2.57 bits per heavy atom. The summed E-state index contributed by atoms with van der Waals surface area (Å²) in [6.45, 7) is 1.34. The van der Waals surface area contributed by atoms with Crippen molar-refractivity contribution in [3.8, 4) is 11.1 Å². The molecule has 0 spiro atoms. The Morgan fingerprint density at radius 2 is 1.95 bits per heavy atom. The van der Waals surface area contributed by atoms with E-state index in [4.69, 9.17) is 17.3 Å². The molecule has 3 rings (SSSR count). The van der Waals surface area contributed by atoms with Crippen molar-refractivity contribution in [3.63, 3.8) is 0 Å². The van der Waals surface area contributed by atoms with Crippen molar-refractivity contribution < 1.29 is 4.79 Å². The molecule has 1 amide bonds. The Labute approximate surface area is 129 Å². The van der Waals surface area contributed by atoms with E-state index in [0.29, 0.717) is 17.1 Å². The summed E-state index contributed by atoms with van der Waals surface area (Å²) < 4.78 is 0. The first-order valence-corrected chi connectivity index (χ1v) is 7.43. The molecule has 2 aromatic carbocycles. The molecule has 1 atom stereocenters. The van der Waals surface area contributed by atoms with Crippen LogP contribution < -0.4 is 5.73 Å². The summed E-state index contributed by atoms with van der Waals surface area (Å²) in [5, 5.41) is 0.593. The third kappa shape index (κ3) is 2.94. The van der Waals surface area contributed by atoms with Crippen LogP contribution in [0.5, 0.6) is 0 Å². The third-order valence-electron chi connectivity index (χ3n) is 3.81. The van der Waals surface area contributed by atoms with Gasteiger partial charge in [-0.3, -0.25) is 4.79 Å². The van der Waals surface area contributed by atoms with Gasteiger partial charge in [-0.15, -0.1) is 0 Å². The minimum Gasteiger partial charge on any atom is -0.337 e. The molecule has 1 fully saturated rings. The number of benzene rings is 2. The Kier molecular flexibility index (Phi) is 3.95. The number of rotatable bonds is 2. The summed E-state index contributed by atoms with van der Waals surface area (Å²) in [4.78, 5) is 14.2. The number of nitrogens with zero attached hydrogens (tertiary/aromatic N) is 1. The van der Waals surface area contributed by atoms with E-state index in [1.165, 1.54) is 0 Å². The highest BCUT2D eigenvalue weighted by atomic mass is 35.5. The van der Waals surface area contributed by atoms with Crippen molar-refractivity contribution in [2.45, 2.75) is 12.5 Å². The van der Waals surface area contributed by atoms with Crippen molar-refractivity contribution in [2.24, 2.45) is 5.73 Å². The molecule has 108 valence electrons. The molecule has 3 nitrogen and oxygen atoms in total. The van der Waals surface area contributed by atoms with Gasteiger partial charge in [-0.2, -0.15) is 0 Å². The zero-order valence-corrected chi connectivity index (χ0v) is 12.4. The molecule has 1 saturated heterocycles. The van der Waals surface area contributed by atoms with Crippen LogP contribution in [0.2, 0.25) is 5.02 Å². The lowest BCUT2D eigenvalue weighted by atomic mass is 10.0. The van der Waals surface area contributed by atoms with Crippen LogP contribution in [0.1, 0.15) is 16.8 Å². The second-order valence-corrected chi connectivity index (χ2v) is 5.77. The number of amides is 1. The van der Waals surface area contributed by atoms with E-state index in [1.807, 2.05) is 42.5 Å². The highest BCUT2D eigenvalue weighted by Crippen LogP contribution is 2.29. The predicted molar refractivity (Wildman–Crippen MR) is 85.4 cm³/mol. The molecule has 0 aromatic heterocycles. The minimum absolute atomic E-state index is 0.00413. The van der Waals surface area contributed by atoms with Gasteiger partial charge in [-0.05, 0) is 24.1 Å². The van der Waals surface area contributed by atoms with Gasteiger partial charge in [0.1, 0.15) is 0 Å². The molecule has 0 saturated carbocycles. The van der Waals surface area contributed by atoms with E-state index in [2.05, 4.69) is 0 Å². The van der Waals surface area contributed by atoms with E-state index in [0.717, 1.165) is 24.1 Å². The molecule has 1 heterocycles. The third-order valence-corrected chi connectivity index (χ3v) is 4.13. The fraction of sp³-hybridized carbons (Fsp3) is 0.235. The van der Waals surface area contributed by atoms with Crippen molar-refractivity contribution >= 4 is 17.5 Å². The summed E-state index contributed by atoms with van der Waals surface area (Å²) in [5.74, 6) is 0.00413. The Morgan fingerprint density at radius 1 is 1.19 bits per heavy atom. The van der Waals surface area contributed by atoms with Gasteiger partial charge in [-0.25, -0.2) is 0 Å². The molecule has 0 radical (unpaired) electrons. The molecular formula is C17H17ClN2O. The average Bonchev–Trinajstić information content (AvgIpc) is 2.94. The first-order valence-electron chi connectivity index (χ1n) is 7.05. The van der Waals surface area contributed by atoms with Crippen LogP contribution in [0.3, 0.4) is 0 Å². The van der Waals surface area contributed by atoms with Gasteiger partial charge in [0.2, 0.25) is 0 Å². The number of halogens is 1. The van der Waals surface area contributed by atoms with Gasteiger partial charge in [0.15, 0.2) is 0 Å². The first kappa shape index (κ1) is 14.1. The van der Waals surface area contributed by atoms with Gasteiger partial charge in [0, 0.05) is 35.3 Å². The van der Waals surface area contributed by atoms with Crippen LogP contribution in [0.15, 0.2) is 48.5 Å². The second-order valence-electron chi connectivity index (χ2n) is 5.36. The van der Waals surface area contributed by atoms with Crippen LogP contribution in [0.25, 0.3) is 11.1 Å². The van der Waals surface area contributed by atoms with E-state index in [9.17, 15) is 4.79 Å². The Bertz CT molecular complexity index is 657. The van der Waals surface area contributed by atoms with Crippen molar-refractivity contribution in [3.05, 3.63) is 59.1 Å². The number of carbonyl (C=O) groups is 1. The number of likely N-dealkylation sites (tertiary alicyclic amines) is 1. The maximum Gasteiger partial charge on any atom is 0.253 e. The van der Waals surface area contributed by atoms with Crippen molar-refractivity contribution in [1.82, 2.24) is 4.90 Å². The molecule has 2 N–H and O–H groups in total. The Balaban J connectivity index is 1.86. The minimum atomic E-state index is 0.00413. The van der Waals surface area contributed by atoms with Gasteiger partial charge in [0.05, 0.1) is 0 Å². The molecule has 0 bridgehead atoms. The largest absolute Gasteiger partial charge is 0.337 e. The van der Waals surface area contributed by atoms with Crippen LogP contribution in [0, 0.1) is 0 Å². The van der Waals surface area contributed by atoms with E-state index in [-0.39, 0.29) is 11.9 Å². The number of hydrogen-bond acceptors (Lipinski definition) is 2. The average molecular weight is 301 g/mol. The molecule has 0 aliphatic carbocycles. The number of carbonyl (C=O) groups excluding carboxylic acids is 1. The van der Waals surface area contributed by atoms with E-state index in [1.54, 1.807) is 11.0 Å². The smallest absolute Gasteiger partial charge is 0.253 e. The summed E-state index contributed by atoms with van der Waals surface area (Å²) in [5.41, 5.74) is 8.45. The molecular weight excluding hydrogens is 284 g/mol. The van der Waals surface area contributed by atoms with Gasteiger partial charge in [0.25, 0.3) is 5.91 Å². The normalized spacial score (nSPS) is 18.0. The van der Waals surface area contributed by atoms with Gasteiger partial charge < -0.3 is 10.6 Å². The lowest BCUT2D eigenvalue weighted by Crippen LogP contribution is -2.31. The quantitative estimate of drug-likeness (QED) is 0.926. The predicted octanol–water partition coefficient (Wildman–Crippen LogP) is 3.18. The molecule has 1 aliphatic heterocycles. The lowest BCUT2D eigenvalue weighted by molar-refractivity contribution is 0.0791. The van der Waals surface area contributed by atoms with E-state index >= 15 is 0 Å². The van der Waals surface area contributed by atoms with Gasteiger partial charge >= 0.3 is 0 Å². The second kappa shape index (κ2) is 5.88. The van der Waals surface area contributed by atoms with E-state index < -0.39 is 0 Å². The maximum atomic E-state index is 12.4. The van der Waals surface area contributed by atoms with Crippen LogP contribution >= 0.6 is 11.6 Å². The topological polar surface area (TPSA) is 46.3 Å². The van der Waals surface area contributed by atoms with Crippen molar-refractivity contribution in [2.75, 3.05) is 13.1 Å². The molecule has 0 unspecified atom stereocenters. The van der Waals surface area contributed by atoms with Crippen LogP contribution in [0.4, 0.5) is 0 Å². The summed E-state index contributed by atoms with van der Waals surface area (Å²) >= 11 is 6.35. The lowest BCUT2D eigenvalue weighted by Gasteiger charge is -2.16. The van der Waals surface area contributed by atoms with Crippen molar-refractivity contribution in [1.29, 1.82) is 0 Å². The monoisotopic (exact) mass is 300 g/mol. The van der Waals surface area contributed by atoms with Crippen LogP contribution in [-0.4, -0.2) is 29.9 Å². The molecule has 21 heavy (non-hydrogen) atoms. The molecule has 1 aliphatic rings. The van der Waals surface area contributed by atoms with Crippen LogP contribution in [-0.2, 0) is 0 Å². The fourth-order valence-electron chi connectivity index (χ4n) is 2.65. The standard InChI is InChI=1S/C17H17ClN2O/c18-16-10-13(17(21)20-9-8-14(19)11-20)6-7-15(16)12-4-2-1-3-5-12/h1-7,10,14H,8-9,11,19H2/t14-/m1/s1. The summed E-state index contributed by atoms with van der Waals surface area (Å²) in [6.07, 6.45) is 0.863. The maximum absolute atomic E-state index is 12.4. The molecule has 2 aromatic rings. The van der Waals surface area contributed by atoms with Gasteiger partial charge in [-0.1, -0.05) is 48.0 Å².